The molecule has 2 aromatic carbocycles. The van der Waals surface area contributed by atoms with Crippen LogP contribution in [-0.2, 0) is 6.54 Å². The third kappa shape index (κ3) is 1.87. The van der Waals surface area contributed by atoms with Gasteiger partial charge in [0.05, 0.1) is 16.6 Å². The van der Waals surface area contributed by atoms with Crippen molar-refractivity contribution in [2.45, 2.75) is 13.5 Å². The molecule has 0 unspecified atom stereocenters. The van der Waals surface area contributed by atoms with Crippen LogP contribution >= 0.6 is 0 Å². The summed E-state index contributed by atoms with van der Waals surface area (Å²) in [6.45, 7) is 2.52. The van der Waals surface area contributed by atoms with E-state index in [1.807, 2.05) is 11.5 Å². The molecule has 102 valence electrons. The van der Waals surface area contributed by atoms with Gasteiger partial charge in [-0.25, -0.2) is 9.37 Å². The minimum absolute atomic E-state index is 0.0172. The van der Waals surface area contributed by atoms with E-state index in [1.54, 1.807) is 12.1 Å². The summed E-state index contributed by atoms with van der Waals surface area (Å²) in [5, 5.41) is 19.3. The molecule has 0 saturated heterocycles. The summed E-state index contributed by atoms with van der Waals surface area (Å²) in [5.41, 5.74) is 1.84. The largest absolute Gasteiger partial charge is 0.508 e. The number of aromatic hydroxyl groups is 2. The van der Waals surface area contributed by atoms with Crippen molar-refractivity contribution in [2.75, 3.05) is 0 Å². The van der Waals surface area contributed by atoms with Gasteiger partial charge in [0.15, 0.2) is 0 Å². The Bertz CT molecular complexity index is 796. The molecular formula is C15H13FN2O2. The average Bonchev–Trinajstić information content (AvgIpc) is 2.76. The van der Waals surface area contributed by atoms with Crippen LogP contribution in [0.4, 0.5) is 4.39 Å². The van der Waals surface area contributed by atoms with E-state index >= 15 is 0 Å². The van der Waals surface area contributed by atoms with Crippen LogP contribution in [0.1, 0.15) is 6.92 Å². The fourth-order valence-corrected chi connectivity index (χ4v) is 2.33. The van der Waals surface area contributed by atoms with Crippen LogP contribution in [0.3, 0.4) is 0 Å². The van der Waals surface area contributed by atoms with E-state index in [-0.39, 0.29) is 17.3 Å². The topological polar surface area (TPSA) is 58.3 Å². The maximum absolute atomic E-state index is 13.4. The van der Waals surface area contributed by atoms with Crippen molar-refractivity contribution >= 4 is 11.0 Å². The molecule has 20 heavy (non-hydrogen) atoms. The van der Waals surface area contributed by atoms with E-state index < -0.39 is 0 Å². The van der Waals surface area contributed by atoms with Crippen molar-refractivity contribution in [3.63, 3.8) is 0 Å². The molecule has 0 aliphatic heterocycles. The van der Waals surface area contributed by atoms with Gasteiger partial charge in [0.2, 0.25) is 0 Å². The predicted molar refractivity (Wildman–Crippen MR) is 74.1 cm³/mol. The molecule has 0 bridgehead atoms. The van der Waals surface area contributed by atoms with Gasteiger partial charge in [0.1, 0.15) is 23.1 Å². The second-order valence-corrected chi connectivity index (χ2v) is 4.51. The molecule has 0 spiro atoms. The first-order valence-corrected chi connectivity index (χ1v) is 6.28. The molecule has 2 N–H and O–H groups in total. The number of phenolic OH excluding ortho intramolecular Hbond substituents is 2. The third-order valence-electron chi connectivity index (χ3n) is 3.25. The van der Waals surface area contributed by atoms with Crippen LogP contribution in [0, 0.1) is 5.82 Å². The number of phenols is 2. The molecule has 5 heteroatoms. The summed E-state index contributed by atoms with van der Waals surface area (Å²) in [4.78, 5) is 4.44. The highest BCUT2D eigenvalue weighted by Crippen LogP contribution is 2.33. The lowest BCUT2D eigenvalue weighted by Gasteiger charge is -2.08. The Hall–Kier alpha value is -2.56. The quantitative estimate of drug-likeness (QED) is 0.752. The van der Waals surface area contributed by atoms with E-state index in [0.29, 0.717) is 29.0 Å². The van der Waals surface area contributed by atoms with Crippen molar-refractivity contribution in [1.29, 1.82) is 0 Å². The molecule has 3 rings (SSSR count). The highest BCUT2D eigenvalue weighted by molar-refractivity contribution is 5.82. The Labute approximate surface area is 114 Å². The summed E-state index contributed by atoms with van der Waals surface area (Å²) in [6.07, 6.45) is 0. The van der Waals surface area contributed by atoms with Crippen molar-refractivity contribution in [2.24, 2.45) is 0 Å². The Balaban J connectivity index is 2.30. The first-order chi connectivity index (χ1) is 9.60. The number of hydrogen-bond donors (Lipinski definition) is 2. The standard InChI is InChI=1S/C15H13FN2O2/c1-2-18-13-7-9(16)3-6-12(13)17-15(18)11-5-4-10(19)8-14(11)20/h3-8,19-20H,2H2,1H3. The highest BCUT2D eigenvalue weighted by atomic mass is 19.1. The normalized spacial score (nSPS) is 11.1. The molecule has 4 nitrogen and oxygen atoms in total. The van der Waals surface area contributed by atoms with Gasteiger partial charge >= 0.3 is 0 Å². The van der Waals surface area contributed by atoms with Crippen molar-refractivity contribution in [1.82, 2.24) is 9.55 Å². The number of imidazole rings is 1. The molecule has 0 atom stereocenters. The van der Waals surface area contributed by atoms with E-state index in [2.05, 4.69) is 4.98 Å². The second kappa shape index (κ2) is 4.52. The molecule has 0 aliphatic rings. The fraction of sp³-hybridized carbons (Fsp3) is 0.133. The van der Waals surface area contributed by atoms with Crippen LogP contribution in [0.15, 0.2) is 36.4 Å². The maximum atomic E-state index is 13.4. The minimum atomic E-state index is -0.325. The SMILES string of the molecule is CCn1c(-c2ccc(O)cc2O)nc2ccc(F)cc21. The fourth-order valence-electron chi connectivity index (χ4n) is 2.33. The first-order valence-electron chi connectivity index (χ1n) is 6.28. The molecule has 1 aromatic heterocycles. The van der Waals surface area contributed by atoms with Gasteiger partial charge in [-0.15, -0.1) is 0 Å². The smallest absolute Gasteiger partial charge is 0.144 e. The van der Waals surface area contributed by atoms with Crippen LogP contribution < -0.4 is 0 Å². The van der Waals surface area contributed by atoms with E-state index in [0.717, 1.165) is 0 Å². The Morgan fingerprint density at radius 1 is 1.15 bits per heavy atom. The van der Waals surface area contributed by atoms with Crippen LogP contribution in [0.25, 0.3) is 22.4 Å². The molecule has 0 radical (unpaired) electrons. The number of nitrogens with zero attached hydrogens (tertiary/aromatic N) is 2. The third-order valence-corrected chi connectivity index (χ3v) is 3.25. The number of benzene rings is 2. The Kier molecular flexibility index (Phi) is 2.82. The van der Waals surface area contributed by atoms with Crippen LogP contribution in [0.5, 0.6) is 11.5 Å². The lowest BCUT2D eigenvalue weighted by Crippen LogP contribution is -1.97. The molecule has 3 aromatic rings. The maximum Gasteiger partial charge on any atom is 0.144 e. The van der Waals surface area contributed by atoms with Gasteiger partial charge in [0, 0.05) is 12.6 Å². The number of halogens is 1. The highest BCUT2D eigenvalue weighted by Gasteiger charge is 2.15. The minimum Gasteiger partial charge on any atom is -0.508 e. The molecule has 1 heterocycles. The van der Waals surface area contributed by atoms with Gasteiger partial charge in [0.25, 0.3) is 0 Å². The number of rotatable bonds is 2. The number of aromatic nitrogens is 2. The van der Waals surface area contributed by atoms with E-state index in [1.165, 1.54) is 24.3 Å². The number of hydrogen-bond acceptors (Lipinski definition) is 3. The summed E-state index contributed by atoms with van der Waals surface area (Å²) < 4.78 is 15.2. The molecule has 0 saturated carbocycles. The summed E-state index contributed by atoms with van der Waals surface area (Å²) in [6, 6.07) is 8.72. The molecule has 0 aliphatic carbocycles. The van der Waals surface area contributed by atoms with Crippen molar-refractivity contribution in [3.8, 4) is 22.9 Å². The van der Waals surface area contributed by atoms with Gasteiger partial charge in [-0.2, -0.15) is 0 Å². The lowest BCUT2D eigenvalue weighted by atomic mass is 10.2. The van der Waals surface area contributed by atoms with Crippen LogP contribution in [0.2, 0.25) is 0 Å². The summed E-state index contributed by atoms with van der Waals surface area (Å²) in [5.74, 6) is 0.145. The Morgan fingerprint density at radius 3 is 2.65 bits per heavy atom. The average molecular weight is 272 g/mol. The number of aryl methyl sites for hydroxylation is 1. The van der Waals surface area contributed by atoms with Crippen LogP contribution in [-0.4, -0.2) is 19.8 Å². The van der Waals surface area contributed by atoms with Gasteiger partial charge in [-0.1, -0.05) is 0 Å². The molecule has 0 amide bonds. The summed E-state index contributed by atoms with van der Waals surface area (Å²) in [7, 11) is 0. The lowest BCUT2D eigenvalue weighted by molar-refractivity contribution is 0.451. The summed E-state index contributed by atoms with van der Waals surface area (Å²) >= 11 is 0. The predicted octanol–water partition coefficient (Wildman–Crippen LogP) is 3.27. The monoisotopic (exact) mass is 272 g/mol. The van der Waals surface area contributed by atoms with Crippen molar-refractivity contribution in [3.05, 3.63) is 42.2 Å². The molecule has 0 fully saturated rings. The van der Waals surface area contributed by atoms with Gasteiger partial charge < -0.3 is 14.8 Å². The molecular weight excluding hydrogens is 259 g/mol. The number of fused-ring (bicyclic) bond motifs is 1. The van der Waals surface area contributed by atoms with Gasteiger partial charge in [-0.3, -0.25) is 0 Å². The zero-order valence-corrected chi connectivity index (χ0v) is 10.8. The second-order valence-electron chi connectivity index (χ2n) is 4.51. The Morgan fingerprint density at radius 2 is 1.95 bits per heavy atom. The van der Waals surface area contributed by atoms with E-state index in [9.17, 15) is 14.6 Å². The first kappa shape index (κ1) is 12.5. The van der Waals surface area contributed by atoms with Crippen molar-refractivity contribution < 1.29 is 14.6 Å². The van der Waals surface area contributed by atoms with E-state index in [4.69, 9.17) is 0 Å². The van der Waals surface area contributed by atoms with Gasteiger partial charge in [-0.05, 0) is 37.3 Å². The zero-order valence-electron chi connectivity index (χ0n) is 10.8. The zero-order chi connectivity index (χ0) is 14.3.